The van der Waals surface area contributed by atoms with Gasteiger partial charge in [0.15, 0.2) is 0 Å². The second kappa shape index (κ2) is 11.2. The normalized spacial score (nSPS) is 10.4. The van der Waals surface area contributed by atoms with Gasteiger partial charge in [-0.3, -0.25) is 4.79 Å². The van der Waals surface area contributed by atoms with Gasteiger partial charge < -0.3 is 14.8 Å². The Balaban J connectivity index is 1.79. The van der Waals surface area contributed by atoms with Crippen molar-refractivity contribution in [3.8, 4) is 29.2 Å². The number of carbonyl (C=O) groups is 2. The zero-order valence-corrected chi connectivity index (χ0v) is 17.7. The molecule has 0 aliphatic carbocycles. The number of nitrogens with one attached hydrogen (secondary N) is 1. The molecule has 0 atom stereocenters. The van der Waals surface area contributed by atoms with Crippen LogP contribution in [0, 0.1) is 12.3 Å². The topological polar surface area (TPSA) is 64.6 Å². The molecule has 0 saturated carbocycles. The molecule has 0 aromatic heterocycles. The van der Waals surface area contributed by atoms with Crippen molar-refractivity contribution < 1.29 is 19.1 Å². The number of hydrogen-bond donors (Lipinski definition) is 1. The summed E-state index contributed by atoms with van der Waals surface area (Å²) in [5.41, 5.74) is 3.98. The minimum absolute atomic E-state index is 0.209. The fourth-order valence-electron chi connectivity index (χ4n) is 3.02. The lowest BCUT2D eigenvalue weighted by Gasteiger charge is -2.10. The summed E-state index contributed by atoms with van der Waals surface area (Å²) in [7, 11) is 1.32. The Bertz CT molecular complexity index is 1140. The molecule has 0 radical (unpaired) electrons. The summed E-state index contributed by atoms with van der Waals surface area (Å²) in [6, 6.07) is 22.6. The Kier molecular flexibility index (Phi) is 7.83. The van der Waals surface area contributed by atoms with Crippen molar-refractivity contribution in [1.29, 1.82) is 0 Å². The van der Waals surface area contributed by atoms with Crippen molar-refractivity contribution in [3.63, 3.8) is 0 Å². The molecule has 3 aromatic carbocycles. The molecular formula is C27H23NO4. The molecule has 0 unspecified atom stereocenters. The van der Waals surface area contributed by atoms with Crippen molar-refractivity contribution in [1.82, 2.24) is 5.32 Å². The highest BCUT2D eigenvalue weighted by Crippen LogP contribution is 2.23. The number of amides is 1. The minimum atomic E-state index is -0.462. The third-order valence-corrected chi connectivity index (χ3v) is 4.64. The summed E-state index contributed by atoms with van der Waals surface area (Å²) in [5, 5.41) is 2.93. The SMILES string of the molecule is C#CCOc1ccc(CNC(=O)c2cc(/C=C/C(=O)OC)cc(-c3ccccc3)c2)cc1. The average Bonchev–Trinajstić information content (AvgIpc) is 2.85. The third kappa shape index (κ3) is 6.35. The number of benzene rings is 3. The first kappa shape index (κ1) is 22.4. The van der Waals surface area contributed by atoms with Gasteiger partial charge >= 0.3 is 5.97 Å². The number of ether oxygens (including phenoxy) is 2. The second-order valence-corrected chi connectivity index (χ2v) is 6.89. The van der Waals surface area contributed by atoms with E-state index in [1.807, 2.05) is 66.7 Å². The van der Waals surface area contributed by atoms with Crippen LogP contribution in [0.3, 0.4) is 0 Å². The van der Waals surface area contributed by atoms with Crippen LogP contribution < -0.4 is 10.1 Å². The molecule has 5 heteroatoms. The smallest absolute Gasteiger partial charge is 0.330 e. The van der Waals surface area contributed by atoms with Crippen LogP contribution in [0.15, 0.2) is 78.9 Å². The highest BCUT2D eigenvalue weighted by atomic mass is 16.5. The molecule has 160 valence electrons. The Labute approximate surface area is 187 Å². The van der Waals surface area contributed by atoms with Gasteiger partial charge in [-0.25, -0.2) is 4.79 Å². The summed E-state index contributed by atoms with van der Waals surface area (Å²) in [6.45, 7) is 0.567. The van der Waals surface area contributed by atoms with Gasteiger partial charge in [0.25, 0.3) is 5.91 Å². The summed E-state index contributed by atoms with van der Waals surface area (Å²) in [5.74, 6) is 2.41. The highest BCUT2D eigenvalue weighted by Gasteiger charge is 2.10. The van der Waals surface area contributed by atoms with E-state index >= 15 is 0 Å². The maximum absolute atomic E-state index is 12.9. The largest absolute Gasteiger partial charge is 0.481 e. The van der Waals surface area contributed by atoms with E-state index < -0.39 is 5.97 Å². The molecule has 0 fully saturated rings. The van der Waals surface area contributed by atoms with E-state index in [4.69, 9.17) is 11.2 Å². The Morgan fingerprint density at radius 3 is 2.44 bits per heavy atom. The molecule has 1 N–H and O–H groups in total. The van der Waals surface area contributed by atoms with Gasteiger partial charge in [0.1, 0.15) is 12.4 Å². The van der Waals surface area contributed by atoms with E-state index in [9.17, 15) is 9.59 Å². The lowest BCUT2D eigenvalue weighted by molar-refractivity contribution is -0.134. The molecule has 3 rings (SSSR count). The fraction of sp³-hybridized carbons (Fsp3) is 0.111. The Hall–Kier alpha value is -4.30. The summed E-state index contributed by atoms with van der Waals surface area (Å²) >= 11 is 0. The van der Waals surface area contributed by atoms with Crippen LogP contribution in [-0.2, 0) is 16.1 Å². The quantitative estimate of drug-likeness (QED) is 0.328. The minimum Gasteiger partial charge on any atom is -0.481 e. The molecule has 0 heterocycles. The molecule has 3 aromatic rings. The van der Waals surface area contributed by atoms with Crippen LogP contribution in [0.25, 0.3) is 17.2 Å². The molecule has 1 amide bonds. The summed E-state index contributed by atoms with van der Waals surface area (Å²) < 4.78 is 10.0. The zero-order valence-electron chi connectivity index (χ0n) is 17.7. The van der Waals surface area contributed by atoms with E-state index in [2.05, 4.69) is 16.0 Å². The molecule has 0 aliphatic heterocycles. The van der Waals surface area contributed by atoms with E-state index in [-0.39, 0.29) is 12.5 Å². The Morgan fingerprint density at radius 1 is 1.00 bits per heavy atom. The number of methoxy groups -OCH3 is 1. The molecule has 0 spiro atoms. The fourth-order valence-corrected chi connectivity index (χ4v) is 3.02. The van der Waals surface area contributed by atoms with Gasteiger partial charge in [0, 0.05) is 18.2 Å². The second-order valence-electron chi connectivity index (χ2n) is 6.89. The van der Waals surface area contributed by atoms with Gasteiger partial charge in [-0.1, -0.05) is 48.4 Å². The van der Waals surface area contributed by atoms with Crippen molar-refractivity contribution in [3.05, 3.63) is 95.6 Å². The molecule has 0 saturated heterocycles. The number of esters is 1. The first-order valence-electron chi connectivity index (χ1n) is 9.99. The molecule has 0 bridgehead atoms. The van der Waals surface area contributed by atoms with E-state index in [0.717, 1.165) is 22.3 Å². The van der Waals surface area contributed by atoms with Crippen molar-refractivity contribution in [2.75, 3.05) is 13.7 Å². The first-order valence-corrected chi connectivity index (χ1v) is 9.99. The molecular weight excluding hydrogens is 402 g/mol. The van der Waals surface area contributed by atoms with Crippen LogP contribution in [0.1, 0.15) is 21.5 Å². The van der Waals surface area contributed by atoms with Crippen molar-refractivity contribution >= 4 is 18.0 Å². The highest BCUT2D eigenvalue weighted by molar-refractivity contribution is 5.96. The van der Waals surface area contributed by atoms with E-state index in [1.54, 1.807) is 12.1 Å². The number of carbonyl (C=O) groups excluding carboxylic acids is 2. The number of rotatable bonds is 8. The van der Waals surface area contributed by atoms with Crippen LogP contribution >= 0.6 is 0 Å². The lowest BCUT2D eigenvalue weighted by Crippen LogP contribution is -2.22. The lowest BCUT2D eigenvalue weighted by atomic mass is 9.99. The molecule has 5 nitrogen and oxygen atoms in total. The molecule has 0 aliphatic rings. The predicted octanol–water partition coefficient (Wildman–Crippen LogP) is 4.48. The Morgan fingerprint density at radius 2 is 1.75 bits per heavy atom. The number of terminal acetylenes is 1. The van der Waals surface area contributed by atoms with Gasteiger partial charge in [0.2, 0.25) is 0 Å². The summed E-state index contributed by atoms with van der Waals surface area (Å²) in [6.07, 6.45) is 8.15. The van der Waals surface area contributed by atoms with Crippen LogP contribution in [0.5, 0.6) is 5.75 Å². The first-order chi connectivity index (χ1) is 15.6. The van der Waals surface area contributed by atoms with Gasteiger partial charge in [-0.05, 0) is 58.7 Å². The van der Waals surface area contributed by atoms with Crippen LogP contribution in [0.2, 0.25) is 0 Å². The average molecular weight is 425 g/mol. The summed E-state index contributed by atoms with van der Waals surface area (Å²) in [4.78, 5) is 24.4. The third-order valence-electron chi connectivity index (χ3n) is 4.64. The van der Waals surface area contributed by atoms with E-state index in [1.165, 1.54) is 13.2 Å². The van der Waals surface area contributed by atoms with Crippen molar-refractivity contribution in [2.24, 2.45) is 0 Å². The standard InChI is InChI=1S/C27H23NO4/c1-3-15-32-25-12-9-20(10-13-25)19-28-27(30)24-17-21(11-14-26(29)31-2)16-23(18-24)22-7-5-4-6-8-22/h1,4-14,16-18H,15,19H2,2H3,(H,28,30)/b14-11+. The van der Waals surface area contributed by atoms with Gasteiger partial charge in [-0.2, -0.15) is 0 Å². The maximum atomic E-state index is 12.9. The van der Waals surface area contributed by atoms with Crippen LogP contribution in [-0.4, -0.2) is 25.6 Å². The molecule has 32 heavy (non-hydrogen) atoms. The monoisotopic (exact) mass is 425 g/mol. The van der Waals surface area contributed by atoms with Crippen LogP contribution in [0.4, 0.5) is 0 Å². The van der Waals surface area contributed by atoms with Gasteiger partial charge in [0.05, 0.1) is 7.11 Å². The maximum Gasteiger partial charge on any atom is 0.330 e. The zero-order chi connectivity index (χ0) is 22.8. The predicted molar refractivity (Wildman–Crippen MR) is 125 cm³/mol. The number of hydrogen-bond acceptors (Lipinski definition) is 4. The van der Waals surface area contributed by atoms with Crippen molar-refractivity contribution in [2.45, 2.75) is 6.54 Å². The van der Waals surface area contributed by atoms with Gasteiger partial charge in [-0.15, -0.1) is 6.42 Å². The van der Waals surface area contributed by atoms with E-state index in [0.29, 0.717) is 17.9 Å².